The molecule has 23 heavy (non-hydrogen) atoms. The zero-order chi connectivity index (χ0) is 16.4. The van der Waals surface area contributed by atoms with Gasteiger partial charge in [-0.25, -0.2) is 0 Å². The Bertz CT molecular complexity index is 617. The Balaban J connectivity index is 1.78. The molecule has 1 aromatic carbocycles. The molecule has 2 amide bonds. The second-order valence-electron chi connectivity index (χ2n) is 6.50. The molecule has 124 valence electrons. The Morgan fingerprint density at radius 3 is 3.00 bits per heavy atom. The minimum absolute atomic E-state index is 0.0155. The summed E-state index contributed by atoms with van der Waals surface area (Å²) in [7, 11) is 1.95. The number of hydrogen-bond donors (Lipinski definition) is 3. The van der Waals surface area contributed by atoms with Crippen LogP contribution in [0.3, 0.4) is 0 Å². The van der Waals surface area contributed by atoms with E-state index >= 15 is 0 Å². The smallest absolute Gasteiger partial charge is 0.251 e. The molecule has 2 atom stereocenters. The molecule has 0 aliphatic carbocycles. The van der Waals surface area contributed by atoms with E-state index in [-0.39, 0.29) is 17.9 Å². The van der Waals surface area contributed by atoms with Crippen molar-refractivity contribution in [1.82, 2.24) is 10.6 Å². The largest absolute Gasteiger partial charge is 0.372 e. The topological polar surface area (TPSA) is 73.5 Å². The highest BCUT2D eigenvalue weighted by atomic mass is 16.2. The van der Waals surface area contributed by atoms with E-state index in [2.05, 4.69) is 22.9 Å². The van der Waals surface area contributed by atoms with Crippen LogP contribution in [0.5, 0.6) is 0 Å². The Labute approximate surface area is 136 Å². The van der Waals surface area contributed by atoms with Crippen molar-refractivity contribution in [3.8, 4) is 0 Å². The SMILES string of the molecule is CC1CCNCC1NC(=O)c1ccc2c(c1)NC(=O)CCN2C. The van der Waals surface area contributed by atoms with Crippen LogP contribution in [0.25, 0.3) is 0 Å². The summed E-state index contributed by atoms with van der Waals surface area (Å²) in [6.07, 6.45) is 1.52. The summed E-state index contributed by atoms with van der Waals surface area (Å²) in [5.41, 5.74) is 2.23. The van der Waals surface area contributed by atoms with E-state index < -0.39 is 0 Å². The molecule has 6 nitrogen and oxygen atoms in total. The summed E-state index contributed by atoms with van der Waals surface area (Å²) in [5.74, 6) is 0.361. The van der Waals surface area contributed by atoms with Gasteiger partial charge in [-0.3, -0.25) is 9.59 Å². The Kier molecular flexibility index (Phi) is 4.52. The minimum Gasteiger partial charge on any atom is -0.372 e. The maximum Gasteiger partial charge on any atom is 0.251 e. The molecule has 1 saturated heterocycles. The summed E-state index contributed by atoms with van der Waals surface area (Å²) in [6, 6.07) is 5.64. The average molecular weight is 316 g/mol. The maximum absolute atomic E-state index is 12.5. The maximum atomic E-state index is 12.5. The van der Waals surface area contributed by atoms with Crippen LogP contribution in [0.1, 0.15) is 30.1 Å². The quantitative estimate of drug-likeness (QED) is 0.766. The molecule has 0 spiro atoms. The first-order valence-corrected chi connectivity index (χ1v) is 8.21. The number of anilines is 2. The van der Waals surface area contributed by atoms with Crippen LogP contribution in [-0.2, 0) is 4.79 Å². The molecule has 2 unspecified atom stereocenters. The van der Waals surface area contributed by atoms with Gasteiger partial charge in [0.15, 0.2) is 0 Å². The number of carbonyl (C=O) groups is 2. The van der Waals surface area contributed by atoms with Crippen molar-refractivity contribution in [3.05, 3.63) is 23.8 Å². The van der Waals surface area contributed by atoms with E-state index in [0.717, 1.165) is 25.2 Å². The van der Waals surface area contributed by atoms with Crippen molar-refractivity contribution in [1.29, 1.82) is 0 Å². The first-order chi connectivity index (χ1) is 11.0. The molecular weight excluding hydrogens is 292 g/mol. The first kappa shape index (κ1) is 15.8. The van der Waals surface area contributed by atoms with Crippen LogP contribution in [0.2, 0.25) is 0 Å². The molecule has 2 heterocycles. The van der Waals surface area contributed by atoms with Crippen molar-refractivity contribution >= 4 is 23.2 Å². The molecule has 0 aromatic heterocycles. The summed E-state index contributed by atoms with van der Waals surface area (Å²) < 4.78 is 0. The molecule has 0 bridgehead atoms. The lowest BCUT2D eigenvalue weighted by molar-refractivity contribution is -0.115. The lowest BCUT2D eigenvalue weighted by Gasteiger charge is -2.30. The predicted octanol–water partition coefficient (Wildman–Crippen LogP) is 1.19. The molecule has 2 aliphatic rings. The van der Waals surface area contributed by atoms with Gasteiger partial charge < -0.3 is 20.9 Å². The highest BCUT2D eigenvalue weighted by molar-refractivity contribution is 6.01. The number of benzene rings is 1. The number of nitrogens with zero attached hydrogens (tertiary/aromatic N) is 1. The Hall–Kier alpha value is -2.08. The van der Waals surface area contributed by atoms with Gasteiger partial charge in [0.1, 0.15) is 0 Å². The van der Waals surface area contributed by atoms with E-state index in [1.165, 1.54) is 0 Å². The van der Waals surface area contributed by atoms with Crippen LogP contribution >= 0.6 is 0 Å². The van der Waals surface area contributed by atoms with Crippen LogP contribution < -0.4 is 20.9 Å². The van der Waals surface area contributed by atoms with E-state index in [9.17, 15) is 9.59 Å². The van der Waals surface area contributed by atoms with E-state index in [4.69, 9.17) is 0 Å². The number of hydrogen-bond acceptors (Lipinski definition) is 4. The average Bonchev–Trinajstić information content (AvgIpc) is 2.68. The molecule has 0 radical (unpaired) electrons. The molecule has 6 heteroatoms. The van der Waals surface area contributed by atoms with Crippen LogP contribution in [0.15, 0.2) is 18.2 Å². The highest BCUT2D eigenvalue weighted by Crippen LogP contribution is 2.29. The van der Waals surface area contributed by atoms with E-state index in [1.807, 2.05) is 24.1 Å². The van der Waals surface area contributed by atoms with Gasteiger partial charge in [-0.05, 0) is 37.1 Å². The van der Waals surface area contributed by atoms with Crippen molar-refractivity contribution in [2.75, 3.05) is 36.9 Å². The van der Waals surface area contributed by atoms with Gasteiger partial charge in [-0.1, -0.05) is 6.92 Å². The Morgan fingerprint density at radius 1 is 1.39 bits per heavy atom. The number of fused-ring (bicyclic) bond motifs is 1. The third kappa shape index (κ3) is 3.47. The normalized spacial score (nSPS) is 24.4. The van der Waals surface area contributed by atoms with Gasteiger partial charge >= 0.3 is 0 Å². The summed E-state index contributed by atoms with van der Waals surface area (Å²) >= 11 is 0. The van der Waals surface area contributed by atoms with Crippen molar-refractivity contribution < 1.29 is 9.59 Å². The zero-order valence-electron chi connectivity index (χ0n) is 13.7. The predicted molar refractivity (Wildman–Crippen MR) is 90.9 cm³/mol. The number of amides is 2. The van der Waals surface area contributed by atoms with Crippen molar-refractivity contribution in [2.45, 2.75) is 25.8 Å². The van der Waals surface area contributed by atoms with Crippen LogP contribution in [0, 0.1) is 5.92 Å². The van der Waals surface area contributed by atoms with Gasteiger partial charge in [0.05, 0.1) is 11.4 Å². The molecule has 2 aliphatic heterocycles. The third-order valence-electron chi connectivity index (χ3n) is 4.76. The van der Waals surface area contributed by atoms with Crippen molar-refractivity contribution in [2.24, 2.45) is 5.92 Å². The standard InChI is InChI=1S/C17H24N4O2/c1-11-5-7-18-10-14(11)20-17(23)12-3-4-15-13(9-12)19-16(22)6-8-21(15)2/h3-4,9,11,14,18H,5-8,10H2,1-2H3,(H,19,22)(H,20,23). The monoisotopic (exact) mass is 316 g/mol. The molecule has 3 N–H and O–H groups in total. The Morgan fingerprint density at radius 2 is 2.22 bits per heavy atom. The van der Waals surface area contributed by atoms with E-state index in [1.54, 1.807) is 6.07 Å². The number of nitrogens with one attached hydrogen (secondary N) is 3. The fourth-order valence-electron chi connectivity index (χ4n) is 3.15. The van der Waals surface area contributed by atoms with Gasteiger partial charge in [-0.2, -0.15) is 0 Å². The van der Waals surface area contributed by atoms with Crippen molar-refractivity contribution in [3.63, 3.8) is 0 Å². The number of piperidine rings is 1. The summed E-state index contributed by atoms with van der Waals surface area (Å²) in [4.78, 5) is 26.3. The van der Waals surface area contributed by atoms with Crippen LogP contribution in [0.4, 0.5) is 11.4 Å². The molecular formula is C17H24N4O2. The molecule has 3 rings (SSSR count). The van der Waals surface area contributed by atoms with Gasteiger partial charge in [0, 0.05) is 38.2 Å². The number of rotatable bonds is 2. The fourth-order valence-corrected chi connectivity index (χ4v) is 3.15. The molecule has 1 aromatic rings. The zero-order valence-corrected chi connectivity index (χ0v) is 13.7. The lowest BCUT2D eigenvalue weighted by atomic mass is 9.94. The molecule has 1 fully saturated rings. The fraction of sp³-hybridized carbons (Fsp3) is 0.529. The minimum atomic E-state index is -0.0884. The van der Waals surface area contributed by atoms with Gasteiger partial charge in [0.2, 0.25) is 5.91 Å². The second kappa shape index (κ2) is 6.58. The lowest BCUT2D eigenvalue weighted by Crippen LogP contribution is -2.50. The summed E-state index contributed by atoms with van der Waals surface area (Å²) in [6.45, 7) is 4.65. The van der Waals surface area contributed by atoms with Gasteiger partial charge in [0.25, 0.3) is 5.91 Å². The summed E-state index contributed by atoms with van der Waals surface area (Å²) in [5, 5.41) is 9.30. The van der Waals surface area contributed by atoms with E-state index in [0.29, 0.717) is 30.1 Å². The van der Waals surface area contributed by atoms with Crippen LogP contribution in [-0.4, -0.2) is 44.5 Å². The molecule has 0 saturated carbocycles. The van der Waals surface area contributed by atoms with Gasteiger partial charge in [-0.15, -0.1) is 0 Å². The highest BCUT2D eigenvalue weighted by Gasteiger charge is 2.24. The first-order valence-electron chi connectivity index (χ1n) is 8.21. The number of carbonyl (C=O) groups excluding carboxylic acids is 2. The second-order valence-corrected chi connectivity index (χ2v) is 6.50. The third-order valence-corrected chi connectivity index (χ3v) is 4.76.